The molecule has 0 saturated carbocycles. The zero-order valence-corrected chi connectivity index (χ0v) is 13.9. The van der Waals surface area contributed by atoms with E-state index in [0.29, 0.717) is 38.1 Å². The Morgan fingerprint density at radius 1 is 1.00 bits per heavy atom. The number of Topliss-reactive ketones (excluding diaryl/α,β-unsaturated/α-hetero) is 1. The fraction of sp³-hybridized carbons (Fsp3) is 0.556. The SMILES string of the molecule is O=C(c1c(F)cc(F)cc1F)C1CCN(C(=O)C2CCCCN2)CC1. The van der Waals surface area contributed by atoms with Crippen LogP contribution in [0, 0.1) is 23.4 Å². The molecule has 0 radical (unpaired) electrons. The number of hydrogen-bond acceptors (Lipinski definition) is 3. The van der Waals surface area contributed by atoms with Crippen LogP contribution in [0.15, 0.2) is 12.1 Å². The molecular weight excluding hydrogens is 333 g/mol. The number of hydrogen-bond donors (Lipinski definition) is 1. The van der Waals surface area contributed by atoms with E-state index in [4.69, 9.17) is 0 Å². The van der Waals surface area contributed by atoms with Gasteiger partial charge in [-0.05, 0) is 32.2 Å². The van der Waals surface area contributed by atoms with E-state index in [1.807, 2.05) is 0 Å². The van der Waals surface area contributed by atoms with Gasteiger partial charge in [-0.25, -0.2) is 13.2 Å². The highest BCUT2D eigenvalue weighted by molar-refractivity contribution is 5.98. The van der Waals surface area contributed by atoms with E-state index >= 15 is 0 Å². The van der Waals surface area contributed by atoms with Crippen molar-refractivity contribution in [3.8, 4) is 0 Å². The first kappa shape index (κ1) is 17.9. The average molecular weight is 354 g/mol. The van der Waals surface area contributed by atoms with E-state index in [0.717, 1.165) is 25.8 Å². The van der Waals surface area contributed by atoms with Gasteiger partial charge >= 0.3 is 0 Å². The predicted octanol–water partition coefficient (Wildman–Crippen LogP) is 2.67. The van der Waals surface area contributed by atoms with Crippen LogP contribution in [0.25, 0.3) is 0 Å². The van der Waals surface area contributed by atoms with Gasteiger partial charge in [0.2, 0.25) is 5.91 Å². The number of piperidine rings is 2. The first-order valence-electron chi connectivity index (χ1n) is 8.68. The third-order valence-corrected chi connectivity index (χ3v) is 5.04. The molecule has 2 fully saturated rings. The van der Waals surface area contributed by atoms with Gasteiger partial charge < -0.3 is 10.2 Å². The van der Waals surface area contributed by atoms with E-state index in [9.17, 15) is 22.8 Å². The number of halogens is 3. The summed E-state index contributed by atoms with van der Waals surface area (Å²) in [6.45, 7) is 1.60. The Bertz CT molecular complexity index is 643. The number of carbonyl (C=O) groups is 2. The van der Waals surface area contributed by atoms with Crippen molar-refractivity contribution in [2.45, 2.75) is 38.1 Å². The third kappa shape index (κ3) is 3.86. The van der Waals surface area contributed by atoms with Crippen molar-refractivity contribution in [3.05, 3.63) is 35.1 Å². The molecule has 25 heavy (non-hydrogen) atoms. The van der Waals surface area contributed by atoms with Crippen LogP contribution in [0.1, 0.15) is 42.5 Å². The van der Waals surface area contributed by atoms with Gasteiger partial charge in [-0.15, -0.1) is 0 Å². The number of nitrogens with zero attached hydrogens (tertiary/aromatic N) is 1. The second-order valence-electron chi connectivity index (χ2n) is 6.71. The van der Waals surface area contributed by atoms with Crippen molar-refractivity contribution in [2.24, 2.45) is 5.92 Å². The number of likely N-dealkylation sites (tertiary alicyclic amines) is 1. The molecule has 0 spiro atoms. The van der Waals surface area contributed by atoms with E-state index in [2.05, 4.69) is 5.32 Å². The van der Waals surface area contributed by atoms with E-state index in [-0.39, 0.29) is 11.9 Å². The number of rotatable bonds is 3. The average Bonchev–Trinajstić information content (AvgIpc) is 2.61. The molecule has 2 aliphatic rings. The molecule has 1 N–H and O–H groups in total. The molecule has 1 aromatic carbocycles. The zero-order chi connectivity index (χ0) is 18.0. The van der Waals surface area contributed by atoms with Crippen molar-refractivity contribution in [1.82, 2.24) is 10.2 Å². The van der Waals surface area contributed by atoms with Gasteiger partial charge in [0.15, 0.2) is 5.78 Å². The van der Waals surface area contributed by atoms with E-state index in [1.165, 1.54) is 0 Å². The highest BCUT2D eigenvalue weighted by Gasteiger charge is 2.33. The molecule has 2 aliphatic heterocycles. The van der Waals surface area contributed by atoms with Crippen LogP contribution in [0.3, 0.4) is 0 Å². The van der Waals surface area contributed by atoms with Gasteiger partial charge in [0.25, 0.3) is 0 Å². The summed E-state index contributed by atoms with van der Waals surface area (Å²) in [5.74, 6) is -4.58. The Morgan fingerprint density at radius 3 is 2.20 bits per heavy atom. The van der Waals surface area contributed by atoms with Gasteiger partial charge in [-0.2, -0.15) is 0 Å². The third-order valence-electron chi connectivity index (χ3n) is 5.04. The van der Waals surface area contributed by atoms with Crippen molar-refractivity contribution >= 4 is 11.7 Å². The molecule has 1 unspecified atom stereocenters. The summed E-state index contributed by atoms with van der Waals surface area (Å²) in [6.07, 6.45) is 3.60. The molecule has 7 heteroatoms. The van der Waals surface area contributed by atoms with Crippen LogP contribution in [-0.2, 0) is 4.79 Å². The fourth-order valence-electron chi connectivity index (χ4n) is 3.63. The van der Waals surface area contributed by atoms with Gasteiger partial charge in [0.05, 0.1) is 11.6 Å². The second-order valence-corrected chi connectivity index (χ2v) is 6.71. The monoisotopic (exact) mass is 354 g/mol. The van der Waals surface area contributed by atoms with Gasteiger partial charge in [-0.1, -0.05) is 6.42 Å². The Hall–Kier alpha value is -1.89. The molecule has 1 amide bonds. The summed E-state index contributed by atoms with van der Waals surface area (Å²) in [4.78, 5) is 26.6. The predicted molar refractivity (Wildman–Crippen MR) is 85.6 cm³/mol. The van der Waals surface area contributed by atoms with Crippen molar-refractivity contribution in [2.75, 3.05) is 19.6 Å². The first-order valence-corrected chi connectivity index (χ1v) is 8.68. The molecule has 0 bridgehead atoms. The summed E-state index contributed by atoms with van der Waals surface area (Å²) < 4.78 is 40.6. The minimum Gasteiger partial charge on any atom is -0.341 e. The smallest absolute Gasteiger partial charge is 0.239 e. The highest BCUT2D eigenvalue weighted by atomic mass is 19.1. The zero-order valence-electron chi connectivity index (χ0n) is 13.9. The lowest BCUT2D eigenvalue weighted by Crippen LogP contribution is -2.51. The number of carbonyl (C=O) groups excluding carboxylic acids is 2. The molecule has 2 heterocycles. The standard InChI is InChI=1S/C18H21F3N2O2/c19-12-9-13(20)16(14(21)10-12)17(24)11-4-7-23(8-5-11)18(25)15-3-1-2-6-22-15/h9-11,15,22H,1-8H2. The van der Waals surface area contributed by atoms with Crippen LogP contribution in [0.4, 0.5) is 13.2 Å². The summed E-state index contributed by atoms with van der Waals surface area (Å²) in [5.41, 5.74) is -0.680. The number of ketones is 1. The minimum atomic E-state index is -1.17. The number of nitrogens with one attached hydrogen (secondary N) is 1. The number of benzene rings is 1. The molecular formula is C18H21F3N2O2. The molecule has 3 rings (SSSR count). The lowest BCUT2D eigenvalue weighted by atomic mass is 9.88. The summed E-state index contributed by atoms with van der Waals surface area (Å²) in [7, 11) is 0. The first-order chi connectivity index (χ1) is 12.0. The largest absolute Gasteiger partial charge is 0.341 e. The lowest BCUT2D eigenvalue weighted by Gasteiger charge is -2.35. The maximum atomic E-state index is 13.8. The van der Waals surface area contributed by atoms with Crippen LogP contribution >= 0.6 is 0 Å². The Labute approximate surface area is 144 Å². The van der Waals surface area contributed by atoms with Crippen LogP contribution in [0.2, 0.25) is 0 Å². The maximum Gasteiger partial charge on any atom is 0.239 e. The summed E-state index contributed by atoms with van der Waals surface area (Å²) >= 11 is 0. The van der Waals surface area contributed by atoms with Gasteiger partial charge in [0.1, 0.15) is 17.5 Å². The molecule has 0 aliphatic carbocycles. The molecule has 1 aromatic rings. The summed E-state index contributed by atoms with van der Waals surface area (Å²) in [6, 6.07) is 0.862. The molecule has 1 atom stereocenters. The van der Waals surface area contributed by atoms with Crippen molar-refractivity contribution < 1.29 is 22.8 Å². The van der Waals surface area contributed by atoms with Crippen LogP contribution in [0.5, 0.6) is 0 Å². The summed E-state index contributed by atoms with van der Waals surface area (Å²) in [5, 5.41) is 3.20. The number of amides is 1. The minimum absolute atomic E-state index is 0.0322. The van der Waals surface area contributed by atoms with Crippen molar-refractivity contribution in [3.63, 3.8) is 0 Å². The Morgan fingerprint density at radius 2 is 1.64 bits per heavy atom. The molecule has 4 nitrogen and oxygen atoms in total. The fourth-order valence-corrected chi connectivity index (χ4v) is 3.63. The second kappa shape index (κ2) is 7.56. The normalized spacial score (nSPS) is 22.0. The van der Waals surface area contributed by atoms with Crippen molar-refractivity contribution in [1.29, 1.82) is 0 Å². The maximum absolute atomic E-state index is 13.8. The topological polar surface area (TPSA) is 49.4 Å². The van der Waals surface area contributed by atoms with Gasteiger partial charge in [0, 0.05) is 31.1 Å². The molecule has 0 aromatic heterocycles. The van der Waals surface area contributed by atoms with Crippen LogP contribution in [-0.4, -0.2) is 42.3 Å². The Balaban J connectivity index is 1.62. The lowest BCUT2D eigenvalue weighted by molar-refractivity contribution is -0.135. The van der Waals surface area contributed by atoms with Gasteiger partial charge in [-0.3, -0.25) is 9.59 Å². The van der Waals surface area contributed by atoms with E-state index in [1.54, 1.807) is 4.90 Å². The van der Waals surface area contributed by atoms with Crippen LogP contribution < -0.4 is 5.32 Å². The van der Waals surface area contributed by atoms with E-state index < -0.39 is 34.7 Å². The quantitative estimate of drug-likeness (QED) is 0.849. The highest BCUT2D eigenvalue weighted by Crippen LogP contribution is 2.26. The molecule has 2 saturated heterocycles. The Kier molecular flexibility index (Phi) is 5.42. The molecule has 136 valence electrons.